The van der Waals surface area contributed by atoms with Crippen molar-refractivity contribution in [3.05, 3.63) is 59.3 Å². The van der Waals surface area contributed by atoms with Gasteiger partial charge in [0.1, 0.15) is 6.04 Å². The molecule has 5 rings (SSSR count). The van der Waals surface area contributed by atoms with Crippen LogP contribution in [-0.4, -0.2) is 47.9 Å². The number of fused-ring (bicyclic) bond motifs is 1. The number of allylic oxidation sites excluding steroid dienone is 2. The van der Waals surface area contributed by atoms with Crippen molar-refractivity contribution in [3.63, 3.8) is 0 Å². The molecule has 1 aliphatic carbocycles. The van der Waals surface area contributed by atoms with Gasteiger partial charge in [0.15, 0.2) is 23.1 Å². The number of anilines is 2. The van der Waals surface area contributed by atoms with Gasteiger partial charge in [-0.1, -0.05) is 12.1 Å². The summed E-state index contributed by atoms with van der Waals surface area (Å²) < 4.78 is 12.7. The maximum atomic E-state index is 13.1. The first-order chi connectivity index (χ1) is 17.1. The van der Waals surface area contributed by atoms with Crippen LogP contribution in [0.5, 0.6) is 11.5 Å². The van der Waals surface area contributed by atoms with Crippen molar-refractivity contribution in [1.82, 2.24) is 14.8 Å². The van der Waals surface area contributed by atoms with Gasteiger partial charge in [0.2, 0.25) is 5.95 Å². The van der Waals surface area contributed by atoms with E-state index >= 15 is 0 Å². The predicted octanol–water partition coefficient (Wildman–Crippen LogP) is 4.83. The van der Waals surface area contributed by atoms with E-state index in [9.17, 15) is 4.79 Å². The molecule has 1 N–H and O–H groups in total. The second kappa shape index (κ2) is 9.44. The topological polar surface area (TPSA) is 81.5 Å². The number of methoxy groups -OCH3 is 2. The van der Waals surface area contributed by atoms with Crippen LogP contribution in [0, 0.1) is 0 Å². The molecule has 0 radical (unpaired) electrons. The lowest BCUT2D eigenvalue weighted by molar-refractivity contribution is -0.116. The summed E-state index contributed by atoms with van der Waals surface area (Å²) in [6, 6.07) is 13.8. The van der Waals surface area contributed by atoms with Crippen LogP contribution >= 0.6 is 0 Å². The van der Waals surface area contributed by atoms with E-state index in [0.29, 0.717) is 29.7 Å². The van der Waals surface area contributed by atoms with Crippen LogP contribution in [0.4, 0.5) is 11.6 Å². The van der Waals surface area contributed by atoms with Crippen LogP contribution in [0.25, 0.3) is 11.4 Å². The number of ketones is 1. The minimum Gasteiger partial charge on any atom is -0.493 e. The van der Waals surface area contributed by atoms with Crippen molar-refractivity contribution in [3.8, 4) is 22.9 Å². The fourth-order valence-electron chi connectivity index (χ4n) is 5.02. The fraction of sp³-hybridized carbons (Fsp3) is 0.370. The summed E-state index contributed by atoms with van der Waals surface area (Å²) in [5.41, 5.74) is 4.75. The Morgan fingerprint density at radius 1 is 1.03 bits per heavy atom. The highest BCUT2D eigenvalue weighted by Crippen LogP contribution is 2.41. The quantitative estimate of drug-likeness (QED) is 0.526. The minimum absolute atomic E-state index is 0.172. The number of rotatable bonds is 7. The lowest BCUT2D eigenvalue weighted by Gasteiger charge is -2.32. The number of carbonyl (C=O) groups excluding carboxylic acids is 1. The monoisotopic (exact) mass is 473 g/mol. The molecule has 1 aliphatic heterocycles. The Kier molecular flexibility index (Phi) is 6.19. The van der Waals surface area contributed by atoms with E-state index in [1.807, 2.05) is 22.9 Å². The Morgan fingerprint density at radius 3 is 2.46 bits per heavy atom. The molecular formula is C27H31N5O3. The average molecular weight is 474 g/mol. The second-order valence-corrected chi connectivity index (χ2v) is 8.73. The lowest BCUT2D eigenvalue weighted by atomic mass is 9.85. The summed E-state index contributed by atoms with van der Waals surface area (Å²) >= 11 is 0. The normalized spacial score (nSPS) is 16.9. The molecule has 1 atom stereocenters. The smallest absolute Gasteiger partial charge is 0.226 e. The number of nitrogens with one attached hydrogen (secondary N) is 1. The Morgan fingerprint density at radius 2 is 1.77 bits per heavy atom. The standard InChI is InChI=1S/C27H31N5O3/c1-5-31(6-2)19-13-10-17(11-14-19)25-24-20(8-7-9-21(24)33)28-27-29-26(30-32(25)27)18-12-15-22(34-3)23(16-18)35-4/h10-16,25H,5-9H2,1-4H3,(H,28,29,30). The summed E-state index contributed by atoms with van der Waals surface area (Å²) in [5, 5.41) is 8.28. The lowest BCUT2D eigenvalue weighted by Crippen LogP contribution is -2.31. The molecule has 0 fully saturated rings. The third-order valence-corrected chi connectivity index (χ3v) is 6.85. The molecule has 8 heteroatoms. The molecule has 2 heterocycles. The van der Waals surface area contributed by atoms with Gasteiger partial charge in [-0.25, -0.2) is 4.68 Å². The molecule has 0 spiro atoms. The second-order valence-electron chi connectivity index (χ2n) is 8.73. The van der Waals surface area contributed by atoms with Crippen molar-refractivity contribution in [2.75, 3.05) is 37.5 Å². The van der Waals surface area contributed by atoms with Crippen LogP contribution in [0.3, 0.4) is 0 Å². The number of benzene rings is 2. The van der Waals surface area contributed by atoms with E-state index < -0.39 is 0 Å². The number of hydrogen-bond acceptors (Lipinski definition) is 7. The molecule has 1 unspecified atom stereocenters. The van der Waals surface area contributed by atoms with Gasteiger partial charge >= 0.3 is 0 Å². The molecule has 0 saturated carbocycles. The van der Waals surface area contributed by atoms with Gasteiger partial charge < -0.3 is 19.7 Å². The summed E-state index contributed by atoms with van der Waals surface area (Å²) in [6.45, 7) is 6.19. The van der Waals surface area contributed by atoms with Gasteiger partial charge in [-0.2, -0.15) is 4.98 Å². The van der Waals surface area contributed by atoms with Gasteiger partial charge in [0.05, 0.1) is 14.2 Å². The zero-order valence-electron chi connectivity index (χ0n) is 20.7. The van der Waals surface area contributed by atoms with Crippen LogP contribution in [-0.2, 0) is 4.79 Å². The van der Waals surface area contributed by atoms with Crippen molar-refractivity contribution in [2.45, 2.75) is 39.2 Å². The van der Waals surface area contributed by atoms with Gasteiger partial charge in [-0.15, -0.1) is 5.10 Å². The van der Waals surface area contributed by atoms with Crippen molar-refractivity contribution < 1.29 is 14.3 Å². The van der Waals surface area contributed by atoms with E-state index in [-0.39, 0.29) is 11.8 Å². The van der Waals surface area contributed by atoms with Gasteiger partial charge in [-0.05, 0) is 62.6 Å². The van der Waals surface area contributed by atoms with Gasteiger partial charge in [0, 0.05) is 42.0 Å². The molecule has 0 saturated heterocycles. The van der Waals surface area contributed by atoms with Gasteiger partial charge in [0.25, 0.3) is 0 Å². The maximum Gasteiger partial charge on any atom is 0.226 e. The number of carbonyl (C=O) groups is 1. The van der Waals surface area contributed by atoms with Crippen LogP contribution in [0.15, 0.2) is 53.7 Å². The van der Waals surface area contributed by atoms with Crippen molar-refractivity contribution in [2.24, 2.45) is 0 Å². The number of nitrogens with zero attached hydrogens (tertiary/aromatic N) is 4. The summed E-state index contributed by atoms with van der Waals surface area (Å²) in [4.78, 5) is 20.2. The number of hydrogen-bond donors (Lipinski definition) is 1. The van der Waals surface area contributed by atoms with Crippen LogP contribution in [0.1, 0.15) is 44.7 Å². The zero-order valence-corrected chi connectivity index (χ0v) is 20.7. The summed E-state index contributed by atoms with van der Waals surface area (Å²) in [6.07, 6.45) is 2.23. The highest BCUT2D eigenvalue weighted by molar-refractivity contribution is 5.99. The molecule has 8 nitrogen and oxygen atoms in total. The number of Topliss-reactive ketones (excluding diaryl/α,β-unsaturated/α-hetero) is 1. The van der Waals surface area contributed by atoms with E-state index in [2.05, 4.69) is 48.3 Å². The van der Waals surface area contributed by atoms with Crippen molar-refractivity contribution in [1.29, 1.82) is 0 Å². The van der Waals surface area contributed by atoms with E-state index in [0.717, 1.165) is 48.3 Å². The largest absolute Gasteiger partial charge is 0.493 e. The Bertz CT molecular complexity index is 1270. The molecule has 2 aliphatic rings. The molecule has 3 aromatic rings. The first-order valence-corrected chi connectivity index (χ1v) is 12.1. The first-order valence-electron chi connectivity index (χ1n) is 12.1. The zero-order chi connectivity index (χ0) is 24.5. The predicted molar refractivity (Wildman–Crippen MR) is 136 cm³/mol. The SMILES string of the molecule is CCN(CC)c1ccc(C2C3=C(CCCC3=O)Nc3nc(-c4ccc(OC)c(OC)c4)nn32)cc1. The van der Waals surface area contributed by atoms with Crippen LogP contribution < -0.4 is 19.7 Å². The number of aromatic nitrogens is 3. The molecule has 0 bridgehead atoms. The summed E-state index contributed by atoms with van der Waals surface area (Å²) in [5.74, 6) is 2.63. The Hall–Kier alpha value is -3.81. The average Bonchev–Trinajstić information content (AvgIpc) is 3.32. The first kappa shape index (κ1) is 23.0. The Labute approximate surface area is 205 Å². The highest BCUT2D eigenvalue weighted by Gasteiger charge is 2.37. The minimum atomic E-state index is -0.318. The molecule has 0 amide bonds. The molecule has 2 aromatic carbocycles. The number of ether oxygens (including phenoxy) is 2. The molecule has 1 aromatic heterocycles. The fourth-order valence-corrected chi connectivity index (χ4v) is 5.02. The third-order valence-electron chi connectivity index (χ3n) is 6.85. The van der Waals surface area contributed by atoms with Crippen molar-refractivity contribution >= 4 is 17.4 Å². The third kappa shape index (κ3) is 4.03. The molecular weight excluding hydrogens is 442 g/mol. The maximum absolute atomic E-state index is 13.1. The summed E-state index contributed by atoms with van der Waals surface area (Å²) in [7, 11) is 3.22. The van der Waals surface area contributed by atoms with E-state index in [1.165, 1.54) is 5.69 Å². The van der Waals surface area contributed by atoms with E-state index in [1.54, 1.807) is 14.2 Å². The Balaban J connectivity index is 1.59. The van der Waals surface area contributed by atoms with Crippen LogP contribution in [0.2, 0.25) is 0 Å². The van der Waals surface area contributed by atoms with Gasteiger partial charge in [-0.3, -0.25) is 4.79 Å². The molecule has 182 valence electrons. The highest BCUT2D eigenvalue weighted by atomic mass is 16.5. The molecule has 35 heavy (non-hydrogen) atoms. The van der Waals surface area contributed by atoms with E-state index in [4.69, 9.17) is 19.6 Å².